The largest absolute Gasteiger partial charge is 0.487 e. The maximum atomic E-state index is 13.7. The highest BCUT2D eigenvalue weighted by molar-refractivity contribution is 5.36. The van der Waals surface area contributed by atoms with Crippen LogP contribution in [0.1, 0.15) is 25.7 Å². The zero-order valence-electron chi connectivity index (χ0n) is 14.3. The molecule has 0 unspecified atom stereocenters. The van der Waals surface area contributed by atoms with E-state index in [1.54, 1.807) is 42.2 Å². The average Bonchev–Trinajstić information content (AvgIpc) is 2.59. The van der Waals surface area contributed by atoms with E-state index in [2.05, 4.69) is 9.88 Å². The van der Waals surface area contributed by atoms with E-state index in [-0.39, 0.29) is 22.9 Å². The molecular formula is C19H22FN3O2. The predicted molar refractivity (Wildman–Crippen MR) is 93.4 cm³/mol. The monoisotopic (exact) mass is 343 g/mol. The zero-order chi connectivity index (χ0) is 17.4. The molecule has 0 N–H and O–H groups in total. The van der Waals surface area contributed by atoms with Crippen LogP contribution in [0.4, 0.5) is 10.2 Å². The van der Waals surface area contributed by atoms with Gasteiger partial charge in [0, 0.05) is 32.5 Å². The number of hydrogen-bond acceptors (Lipinski definition) is 4. The van der Waals surface area contributed by atoms with Gasteiger partial charge in [-0.2, -0.15) is 0 Å². The lowest BCUT2D eigenvalue weighted by Gasteiger charge is -2.51. The fraction of sp³-hybridized carbons (Fsp3) is 0.474. The van der Waals surface area contributed by atoms with Crippen molar-refractivity contribution in [2.24, 2.45) is 12.5 Å². The lowest BCUT2D eigenvalue weighted by Crippen LogP contribution is -2.52. The second-order valence-corrected chi connectivity index (χ2v) is 7.23. The Hall–Kier alpha value is -2.37. The van der Waals surface area contributed by atoms with Gasteiger partial charge in [-0.05, 0) is 43.2 Å². The first kappa shape index (κ1) is 16.1. The minimum atomic E-state index is -0.302. The first-order chi connectivity index (χ1) is 12.1. The molecule has 4 rings (SSSR count). The molecule has 25 heavy (non-hydrogen) atoms. The third-order valence-corrected chi connectivity index (χ3v) is 5.57. The minimum Gasteiger partial charge on any atom is -0.487 e. The lowest BCUT2D eigenvalue weighted by molar-refractivity contribution is -0.0327. The molecule has 0 radical (unpaired) electrons. The van der Waals surface area contributed by atoms with Gasteiger partial charge in [-0.1, -0.05) is 12.1 Å². The highest BCUT2D eigenvalue weighted by Crippen LogP contribution is 2.50. The molecular weight excluding hydrogens is 321 g/mol. The van der Waals surface area contributed by atoms with E-state index in [4.69, 9.17) is 4.74 Å². The van der Waals surface area contributed by atoms with Gasteiger partial charge in [0.25, 0.3) is 5.56 Å². The van der Waals surface area contributed by atoms with E-state index < -0.39 is 0 Å². The van der Waals surface area contributed by atoms with Crippen LogP contribution in [0.15, 0.2) is 41.5 Å². The highest BCUT2D eigenvalue weighted by Gasteiger charge is 2.47. The number of ether oxygens (including phenoxy) is 1. The quantitative estimate of drug-likeness (QED) is 0.860. The van der Waals surface area contributed by atoms with Crippen LogP contribution in [0, 0.1) is 11.2 Å². The molecule has 1 aromatic heterocycles. The van der Waals surface area contributed by atoms with Crippen molar-refractivity contribution in [3.05, 3.63) is 52.8 Å². The van der Waals surface area contributed by atoms with Crippen LogP contribution < -0.4 is 15.2 Å². The number of rotatable bonds is 3. The van der Waals surface area contributed by atoms with Crippen LogP contribution in [-0.4, -0.2) is 28.7 Å². The maximum Gasteiger partial charge on any atom is 0.293 e. The Balaban J connectivity index is 1.35. The summed E-state index contributed by atoms with van der Waals surface area (Å²) in [6, 6.07) is 6.57. The Morgan fingerprint density at radius 3 is 2.68 bits per heavy atom. The molecule has 132 valence electrons. The van der Waals surface area contributed by atoms with Crippen LogP contribution in [-0.2, 0) is 7.05 Å². The summed E-state index contributed by atoms with van der Waals surface area (Å²) >= 11 is 0. The van der Waals surface area contributed by atoms with Gasteiger partial charge < -0.3 is 14.2 Å². The van der Waals surface area contributed by atoms with Gasteiger partial charge in [0.1, 0.15) is 0 Å². The third kappa shape index (κ3) is 3.01. The number of aryl methyl sites for hydroxylation is 1. The molecule has 1 saturated heterocycles. The molecule has 2 aromatic rings. The molecule has 1 spiro atoms. The number of aromatic nitrogens is 2. The van der Waals surface area contributed by atoms with Crippen molar-refractivity contribution < 1.29 is 9.13 Å². The Bertz CT molecular complexity index is 819. The van der Waals surface area contributed by atoms with Crippen LogP contribution in [0.25, 0.3) is 0 Å². The van der Waals surface area contributed by atoms with Gasteiger partial charge in [-0.15, -0.1) is 0 Å². The summed E-state index contributed by atoms with van der Waals surface area (Å²) in [6.45, 7) is 1.66. The van der Waals surface area contributed by atoms with E-state index >= 15 is 0 Å². The second kappa shape index (κ2) is 6.17. The Kier molecular flexibility index (Phi) is 3.98. The average molecular weight is 343 g/mol. The van der Waals surface area contributed by atoms with Crippen molar-refractivity contribution in [2.45, 2.75) is 31.8 Å². The Morgan fingerprint density at radius 1 is 1.24 bits per heavy atom. The number of nitrogens with zero attached hydrogens (tertiary/aromatic N) is 3. The van der Waals surface area contributed by atoms with E-state index in [0.717, 1.165) is 38.8 Å². The highest BCUT2D eigenvalue weighted by atomic mass is 19.1. The molecule has 1 aromatic carbocycles. The SMILES string of the molecule is Cn1ccnc(N2CCC3(CC2)CC(Oc2ccccc2F)C3)c1=O. The molecule has 1 saturated carbocycles. The third-order valence-electron chi connectivity index (χ3n) is 5.57. The summed E-state index contributed by atoms with van der Waals surface area (Å²) in [5.74, 6) is 0.583. The molecule has 0 atom stereocenters. The topological polar surface area (TPSA) is 47.4 Å². The normalized spacial score (nSPS) is 19.7. The maximum absolute atomic E-state index is 13.7. The molecule has 0 amide bonds. The molecule has 2 heterocycles. The molecule has 2 fully saturated rings. The van der Waals surface area contributed by atoms with Crippen LogP contribution in [0.3, 0.4) is 0 Å². The number of piperidine rings is 1. The van der Waals surface area contributed by atoms with Crippen molar-refractivity contribution in [3.8, 4) is 5.75 Å². The first-order valence-corrected chi connectivity index (χ1v) is 8.74. The van der Waals surface area contributed by atoms with Crippen molar-refractivity contribution in [1.82, 2.24) is 9.55 Å². The van der Waals surface area contributed by atoms with Gasteiger partial charge in [-0.3, -0.25) is 4.79 Å². The zero-order valence-corrected chi connectivity index (χ0v) is 14.3. The van der Waals surface area contributed by atoms with Crippen LogP contribution in [0.2, 0.25) is 0 Å². The Morgan fingerprint density at radius 2 is 1.96 bits per heavy atom. The number of hydrogen-bond donors (Lipinski definition) is 0. The standard InChI is InChI=1S/C19H22FN3O2/c1-22-11-8-21-17(18(22)24)23-9-6-19(7-10-23)12-14(13-19)25-16-5-3-2-4-15(16)20/h2-5,8,11,14H,6-7,9-10,12-13H2,1H3. The van der Waals surface area contributed by atoms with Crippen molar-refractivity contribution in [2.75, 3.05) is 18.0 Å². The summed E-state index contributed by atoms with van der Waals surface area (Å²) in [5.41, 5.74) is 0.222. The van der Waals surface area contributed by atoms with Crippen LogP contribution in [0.5, 0.6) is 5.75 Å². The van der Waals surface area contributed by atoms with E-state index in [1.165, 1.54) is 6.07 Å². The van der Waals surface area contributed by atoms with E-state index in [1.807, 2.05) is 0 Å². The summed E-state index contributed by atoms with van der Waals surface area (Å²) in [6.07, 6.45) is 7.38. The second-order valence-electron chi connectivity index (χ2n) is 7.23. The van der Waals surface area contributed by atoms with Gasteiger partial charge in [0.15, 0.2) is 17.4 Å². The fourth-order valence-corrected chi connectivity index (χ4v) is 4.01. The molecule has 0 bridgehead atoms. The number of para-hydroxylation sites is 1. The van der Waals surface area contributed by atoms with E-state index in [9.17, 15) is 9.18 Å². The summed E-state index contributed by atoms with van der Waals surface area (Å²) < 4.78 is 21.0. The smallest absolute Gasteiger partial charge is 0.293 e. The molecule has 6 heteroatoms. The fourth-order valence-electron chi connectivity index (χ4n) is 4.01. The predicted octanol–water partition coefficient (Wildman–Crippen LogP) is 2.75. The van der Waals surface area contributed by atoms with Crippen LogP contribution >= 0.6 is 0 Å². The lowest BCUT2D eigenvalue weighted by atomic mass is 9.61. The van der Waals surface area contributed by atoms with Crippen molar-refractivity contribution in [1.29, 1.82) is 0 Å². The molecule has 5 nitrogen and oxygen atoms in total. The van der Waals surface area contributed by atoms with Gasteiger partial charge in [-0.25, -0.2) is 9.37 Å². The van der Waals surface area contributed by atoms with Crippen molar-refractivity contribution in [3.63, 3.8) is 0 Å². The Labute approximate surface area is 146 Å². The number of halogens is 1. The number of anilines is 1. The van der Waals surface area contributed by atoms with Gasteiger partial charge in [0.2, 0.25) is 0 Å². The molecule has 1 aliphatic heterocycles. The summed E-state index contributed by atoms with van der Waals surface area (Å²) in [7, 11) is 1.75. The molecule has 1 aliphatic carbocycles. The minimum absolute atomic E-state index is 0.0483. The number of benzene rings is 1. The van der Waals surface area contributed by atoms with Gasteiger partial charge in [0.05, 0.1) is 6.10 Å². The molecule has 2 aliphatic rings. The first-order valence-electron chi connectivity index (χ1n) is 8.74. The van der Waals surface area contributed by atoms with E-state index in [0.29, 0.717) is 11.6 Å². The van der Waals surface area contributed by atoms with Crippen molar-refractivity contribution >= 4 is 5.82 Å². The summed E-state index contributed by atoms with van der Waals surface area (Å²) in [5, 5.41) is 0. The van der Waals surface area contributed by atoms with Gasteiger partial charge >= 0.3 is 0 Å². The summed E-state index contributed by atoms with van der Waals surface area (Å²) in [4.78, 5) is 18.5.